The van der Waals surface area contributed by atoms with Crippen LogP contribution in [0.2, 0.25) is 0 Å². The van der Waals surface area contributed by atoms with Crippen LogP contribution < -0.4 is 5.32 Å². The smallest absolute Gasteiger partial charge is 0.307 e. The highest BCUT2D eigenvalue weighted by molar-refractivity contribution is 6.18. The van der Waals surface area contributed by atoms with E-state index in [1.807, 2.05) is 0 Å². The Morgan fingerprint density at radius 1 is 1.28 bits per heavy atom. The first-order chi connectivity index (χ1) is 8.61. The molecule has 1 rings (SSSR count). The van der Waals surface area contributed by atoms with Crippen molar-refractivity contribution in [3.63, 3.8) is 0 Å². The summed E-state index contributed by atoms with van der Waals surface area (Å²) in [6.07, 6.45) is -0.0347. The fourth-order valence-corrected chi connectivity index (χ4v) is 1.41. The highest BCUT2D eigenvalue weighted by atomic mass is 35.5. The lowest BCUT2D eigenvalue weighted by Crippen LogP contribution is -2.18. The Bertz CT molecular complexity index is 405. The van der Waals surface area contributed by atoms with E-state index in [0.29, 0.717) is 23.7 Å². The zero-order chi connectivity index (χ0) is 13.4. The Hall–Kier alpha value is -1.59. The summed E-state index contributed by atoms with van der Waals surface area (Å²) in [5.41, 5.74) is 1.28. The van der Waals surface area contributed by atoms with Crippen LogP contribution in [-0.2, 0) is 20.7 Å². The normalized spacial score (nSPS) is 10.1. The number of anilines is 1. The maximum atomic E-state index is 11.4. The average Bonchev–Trinajstić information content (AvgIpc) is 2.31. The first-order valence-corrected chi connectivity index (χ1v) is 5.89. The molecule has 2 N–H and O–H groups in total. The van der Waals surface area contributed by atoms with Crippen molar-refractivity contribution < 1.29 is 19.4 Å². The lowest BCUT2D eigenvalue weighted by Gasteiger charge is -2.06. The van der Waals surface area contributed by atoms with Crippen molar-refractivity contribution >= 4 is 29.2 Å². The summed E-state index contributed by atoms with van der Waals surface area (Å²) in [7, 11) is 0. The van der Waals surface area contributed by atoms with Gasteiger partial charge in [-0.15, -0.1) is 11.6 Å². The fourth-order valence-electron chi connectivity index (χ4n) is 1.30. The summed E-state index contributed by atoms with van der Waals surface area (Å²) in [6, 6.07) is 6.61. The van der Waals surface area contributed by atoms with E-state index in [-0.39, 0.29) is 18.9 Å². The van der Waals surface area contributed by atoms with Crippen molar-refractivity contribution in [3.8, 4) is 0 Å². The summed E-state index contributed by atoms with van der Waals surface area (Å²) in [6.45, 7) is 0.274. The van der Waals surface area contributed by atoms with Gasteiger partial charge in [-0.1, -0.05) is 12.1 Å². The zero-order valence-electron chi connectivity index (χ0n) is 9.69. The first-order valence-electron chi connectivity index (χ1n) is 5.36. The second-order valence-electron chi connectivity index (χ2n) is 3.56. The molecule has 0 aliphatic heterocycles. The number of carboxylic acids is 1. The van der Waals surface area contributed by atoms with Crippen LogP contribution in [0.4, 0.5) is 5.69 Å². The van der Waals surface area contributed by atoms with Gasteiger partial charge in [0.1, 0.15) is 6.61 Å². The third kappa shape index (κ3) is 5.65. The molecule has 0 bridgehead atoms. The van der Waals surface area contributed by atoms with E-state index in [1.165, 1.54) is 0 Å². The minimum absolute atomic E-state index is 0.0347. The van der Waals surface area contributed by atoms with Crippen LogP contribution in [0.15, 0.2) is 24.3 Å². The minimum atomic E-state index is -0.888. The van der Waals surface area contributed by atoms with Gasteiger partial charge in [0, 0.05) is 11.6 Å². The molecule has 5 nitrogen and oxygen atoms in total. The molecule has 0 aliphatic carbocycles. The maximum absolute atomic E-state index is 11.4. The van der Waals surface area contributed by atoms with E-state index < -0.39 is 5.97 Å². The second-order valence-corrected chi connectivity index (χ2v) is 3.94. The van der Waals surface area contributed by atoms with Gasteiger partial charge in [-0.2, -0.15) is 0 Å². The van der Waals surface area contributed by atoms with Crippen LogP contribution in [0.5, 0.6) is 0 Å². The molecule has 0 saturated carbocycles. The number of carbonyl (C=O) groups is 2. The minimum Gasteiger partial charge on any atom is -0.481 e. The maximum Gasteiger partial charge on any atom is 0.307 e. The van der Waals surface area contributed by atoms with Gasteiger partial charge in [0.2, 0.25) is 5.91 Å². The molecule has 0 unspecified atom stereocenters. The van der Waals surface area contributed by atoms with Crippen molar-refractivity contribution in [3.05, 3.63) is 29.8 Å². The molecular weight excluding hydrogens is 258 g/mol. The number of carboxylic acid groups (broad SMARTS) is 1. The van der Waals surface area contributed by atoms with E-state index in [1.54, 1.807) is 24.3 Å². The van der Waals surface area contributed by atoms with Crippen molar-refractivity contribution in [2.24, 2.45) is 0 Å². The molecule has 1 amide bonds. The Labute approximate surface area is 110 Å². The molecule has 0 aromatic heterocycles. The van der Waals surface area contributed by atoms with Gasteiger partial charge < -0.3 is 15.2 Å². The number of amides is 1. The summed E-state index contributed by atoms with van der Waals surface area (Å²) in [5, 5.41) is 11.2. The standard InChI is InChI=1S/C12H14ClNO4/c13-5-6-18-8-11(15)14-10-3-1-9(2-4-10)7-12(16)17/h1-4H,5-8H2,(H,14,15)(H,16,17). The van der Waals surface area contributed by atoms with Gasteiger partial charge in [0.25, 0.3) is 0 Å². The van der Waals surface area contributed by atoms with E-state index in [0.717, 1.165) is 0 Å². The van der Waals surface area contributed by atoms with Gasteiger partial charge in [-0.05, 0) is 17.7 Å². The van der Waals surface area contributed by atoms with Crippen molar-refractivity contribution in [2.45, 2.75) is 6.42 Å². The van der Waals surface area contributed by atoms with Gasteiger partial charge >= 0.3 is 5.97 Å². The molecule has 0 spiro atoms. The highest BCUT2D eigenvalue weighted by Crippen LogP contribution is 2.10. The number of alkyl halides is 1. The second kappa shape index (κ2) is 7.68. The van der Waals surface area contributed by atoms with Crippen LogP contribution >= 0.6 is 11.6 Å². The summed E-state index contributed by atoms with van der Waals surface area (Å²) >= 11 is 5.40. The number of hydrogen-bond donors (Lipinski definition) is 2. The topological polar surface area (TPSA) is 75.6 Å². The zero-order valence-corrected chi connectivity index (χ0v) is 10.4. The van der Waals surface area contributed by atoms with Crippen LogP contribution in [0.1, 0.15) is 5.56 Å². The molecule has 0 radical (unpaired) electrons. The quantitative estimate of drug-likeness (QED) is 0.582. The van der Waals surface area contributed by atoms with Gasteiger partial charge in [-0.3, -0.25) is 9.59 Å². The summed E-state index contributed by atoms with van der Waals surface area (Å²) in [5.74, 6) is -0.815. The molecular formula is C12H14ClNO4. The van der Waals surface area contributed by atoms with Crippen molar-refractivity contribution in [2.75, 3.05) is 24.4 Å². The van der Waals surface area contributed by atoms with Crippen LogP contribution in [-0.4, -0.2) is 36.1 Å². The average molecular weight is 272 g/mol. The van der Waals surface area contributed by atoms with Gasteiger partial charge in [0.15, 0.2) is 0 Å². The molecule has 0 saturated heterocycles. The van der Waals surface area contributed by atoms with Crippen LogP contribution in [0.25, 0.3) is 0 Å². The third-order valence-corrected chi connectivity index (χ3v) is 2.20. The largest absolute Gasteiger partial charge is 0.481 e. The monoisotopic (exact) mass is 271 g/mol. The highest BCUT2D eigenvalue weighted by Gasteiger charge is 2.03. The number of rotatable bonds is 7. The Balaban J connectivity index is 2.43. The van der Waals surface area contributed by atoms with Crippen LogP contribution in [0, 0.1) is 0 Å². The molecule has 0 atom stereocenters. The number of aliphatic carboxylic acids is 1. The molecule has 0 fully saturated rings. The fraction of sp³-hybridized carbons (Fsp3) is 0.333. The van der Waals surface area contributed by atoms with E-state index in [4.69, 9.17) is 21.4 Å². The Kier molecular flexibility index (Phi) is 6.18. The molecule has 1 aromatic carbocycles. The predicted molar refractivity (Wildman–Crippen MR) is 68.0 cm³/mol. The lowest BCUT2D eigenvalue weighted by molar-refractivity contribution is -0.136. The predicted octanol–water partition coefficient (Wildman–Crippen LogP) is 1.51. The first kappa shape index (κ1) is 14.5. The van der Waals surface area contributed by atoms with E-state index in [2.05, 4.69) is 5.32 Å². The van der Waals surface area contributed by atoms with Gasteiger partial charge in [-0.25, -0.2) is 0 Å². The number of hydrogen-bond acceptors (Lipinski definition) is 3. The number of nitrogens with one attached hydrogen (secondary N) is 1. The lowest BCUT2D eigenvalue weighted by atomic mass is 10.1. The molecule has 98 valence electrons. The summed E-state index contributed by atoms with van der Waals surface area (Å²) in [4.78, 5) is 21.9. The molecule has 0 heterocycles. The number of carbonyl (C=O) groups excluding carboxylic acids is 1. The number of ether oxygens (including phenoxy) is 1. The van der Waals surface area contributed by atoms with Crippen LogP contribution in [0.3, 0.4) is 0 Å². The Morgan fingerprint density at radius 3 is 2.50 bits per heavy atom. The van der Waals surface area contributed by atoms with Crippen molar-refractivity contribution in [1.82, 2.24) is 0 Å². The molecule has 0 aliphatic rings. The number of halogens is 1. The van der Waals surface area contributed by atoms with E-state index in [9.17, 15) is 9.59 Å². The molecule has 6 heteroatoms. The molecule has 1 aromatic rings. The third-order valence-electron chi connectivity index (χ3n) is 2.05. The van der Waals surface area contributed by atoms with Crippen molar-refractivity contribution in [1.29, 1.82) is 0 Å². The SMILES string of the molecule is O=C(O)Cc1ccc(NC(=O)COCCCl)cc1. The van der Waals surface area contributed by atoms with Gasteiger partial charge in [0.05, 0.1) is 13.0 Å². The summed E-state index contributed by atoms with van der Waals surface area (Å²) < 4.78 is 4.97. The Morgan fingerprint density at radius 2 is 1.94 bits per heavy atom. The molecule has 18 heavy (non-hydrogen) atoms. The number of benzene rings is 1. The van der Waals surface area contributed by atoms with E-state index >= 15 is 0 Å².